The Morgan fingerprint density at radius 3 is 2.52 bits per heavy atom. The van der Waals surface area contributed by atoms with Crippen LogP contribution in [0.3, 0.4) is 0 Å². The average Bonchev–Trinajstić information content (AvgIpc) is 3.10. The molecule has 0 N–H and O–H groups in total. The van der Waals surface area contributed by atoms with Gasteiger partial charge in [-0.15, -0.1) is 0 Å². The van der Waals surface area contributed by atoms with Crippen LogP contribution in [0.15, 0.2) is 0 Å². The number of amides is 1. The monoisotopic (exact) mass is 418 g/mol. The van der Waals surface area contributed by atoms with E-state index in [4.69, 9.17) is 9.72 Å². The normalized spacial score (nSPS) is 24.9. The summed E-state index contributed by atoms with van der Waals surface area (Å²) in [5.74, 6) is 0.275. The van der Waals surface area contributed by atoms with Gasteiger partial charge in [-0.3, -0.25) is 9.69 Å². The van der Waals surface area contributed by atoms with Crippen molar-refractivity contribution in [2.75, 3.05) is 39.3 Å². The molecular weight excluding hydrogens is 384 g/mol. The lowest BCUT2D eigenvalue weighted by Crippen LogP contribution is -2.46. The van der Waals surface area contributed by atoms with Gasteiger partial charge in [-0.2, -0.15) is 0 Å². The van der Waals surface area contributed by atoms with Crippen molar-refractivity contribution in [2.24, 2.45) is 0 Å². The third kappa shape index (κ3) is 4.62. The molecule has 6 nitrogen and oxygen atoms in total. The van der Waals surface area contributed by atoms with E-state index in [2.05, 4.69) is 9.80 Å². The number of nitrogens with zero attached hydrogens (tertiary/aromatic N) is 4. The van der Waals surface area contributed by atoms with Crippen LogP contribution < -0.4 is 4.74 Å². The Balaban J connectivity index is 1.12. The fourth-order valence-electron chi connectivity index (χ4n) is 5.10. The van der Waals surface area contributed by atoms with Gasteiger partial charge in [0, 0.05) is 32.1 Å². The number of hydrogen-bond donors (Lipinski definition) is 0. The molecule has 4 heterocycles. The minimum absolute atomic E-state index is 0.275. The van der Waals surface area contributed by atoms with Gasteiger partial charge in [0.2, 0.25) is 5.91 Å². The second-order valence-corrected chi connectivity index (χ2v) is 10.2. The standard InChI is InChI=1S/C22H34N4O2S/c27-21(16-24-10-2-1-3-11-24)26-14-9-19-20(15-26)29-22(23-19)28-18-7-12-25(13-8-18)17-5-4-6-17/h17-18H,1-16H2. The topological polar surface area (TPSA) is 48.9 Å². The summed E-state index contributed by atoms with van der Waals surface area (Å²) in [7, 11) is 0. The van der Waals surface area contributed by atoms with Crippen molar-refractivity contribution in [1.29, 1.82) is 0 Å². The van der Waals surface area contributed by atoms with Gasteiger partial charge >= 0.3 is 0 Å². The van der Waals surface area contributed by atoms with Crippen molar-refractivity contribution < 1.29 is 9.53 Å². The molecule has 2 saturated heterocycles. The molecule has 1 aromatic rings. The summed E-state index contributed by atoms with van der Waals surface area (Å²) in [6.07, 6.45) is 11.3. The van der Waals surface area contributed by atoms with E-state index in [0.29, 0.717) is 19.2 Å². The molecule has 0 bridgehead atoms. The zero-order valence-corrected chi connectivity index (χ0v) is 18.3. The van der Waals surface area contributed by atoms with Gasteiger partial charge in [0.1, 0.15) is 6.10 Å². The third-order valence-corrected chi connectivity index (χ3v) is 8.18. The molecule has 4 aliphatic rings. The van der Waals surface area contributed by atoms with Gasteiger partial charge in [-0.1, -0.05) is 24.2 Å². The number of carbonyl (C=O) groups excluding carboxylic acids is 1. The van der Waals surface area contributed by atoms with E-state index < -0.39 is 0 Å². The lowest BCUT2D eigenvalue weighted by atomic mass is 9.90. The number of carbonyl (C=O) groups is 1. The summed E-state index contributed by atoms with van der Waals surface area (Å²) in [5, 5.41) is 0.822. The van der Waals surface area contributed by atoms with E-state index in [-0.39, 0.29) is 5.91 Å². The maximum absolute atomic E-state index is 12.7. The van der Waals surface area contributed by atoms with Gasteiger partial charge in [0.05, 0.1) is 23.7 Å². The van der Waals surface area contributed by atoms with E-state index in [1.54, 1.807) is 11.3 Å². The molecule has 0 unspecified atom stereocenters. The number of piperidine rings is 2. The highest BCUT2D eigenvalue weighted by Gasteiger charge is 2.31. The van der Waals surface area contributed by atoms with Crippen LogP contribution in [-0.4, -0.2) is 77.0 Å². The van der Waals surface area contributed by atoms with E-state index in [9.17, 15) is 4.79 Å². The van der Waals surface area contributed by atoms with Crippen molar-refractivity contribution in [2.45, 2.75) is 76.5 Å². The average molecular weight is 419 g/mol. The highest BCUT2D eigenvalue weighted by Crippen LogP contribution is 2.33. The summed E-state index contributed by atoms with van der Waals surface area (Å²) >= 11 is 1.66. The molecular formula is C22H34N4O2S. The molecule has 0 spiro atoms. The first-order valence-corrected chi connectivity index (χ1v) is 12.5. The molecule has 1 amide bonds. The van der Waals surface area contributed by atoms with Crippen LogP contribution in [0.2, 0.25) is 0 Å². The predicted molar refractivity (Wildman–Crippen MR) is 114 cm³/mol. The smallest absolute Gasteiger partial charge is 0.273 e. The number of thiazole rings is 1. The van der Waals surface area contributed by atoms with Gasteiger partial charge in [-0.05, 0) is 51.6 Å². The number of fused-ring (bicyclic) bond motifs is 1. The third-order valence-electron chi connectivity index (χ3n) is 7.21. The Hall–Kier alpha value is -1.18. The van der Waals surface area contributed by atoms with Crippen LogP contribution in [-0.2, 0) is 17.8 Å². The number of ether oxygens (including phenoxy) is 1. The van der Waals surface area contributed by atoms with E-state index in [1.807, 2.05) is 4.90 Å². The predicted octanol–water partition coefficient (Wildman–Crippen LogP) is 2.91. The zero-order chi connectivity index (χ0) is 19.6. The lowest BCUT2D eigenvalue weighted by Gasteiger charge is -2.41. The second-order valence-electron chi connectivity index (χ2n) is 9.19. The Labute approximate surface area is 178 Å². The lowest BCUT2D eigenvalue weighted by molar-refractivity contribution is -0.133. The van der Waals surface area contributed by atoms with Crippen molar-refractivity contribution in [3.8, 4) is 5.19 Å². The largest absolute Gasteiger partial charge is 0.467 e. The van der Waals surface area contributed by atoms with Crippen LogP contribution >= 0.6 is 11.3 Å². The maximum Gasteiger partial charge on any atom is 0.273 e. The van der Waals surface area contributed by atoms with Gasteiger partial charge in [0.25, 0.3) is 5.19 Å². The first-order chi connectivity index (χ1) is 14.2. The van der Waals surface area contributed by atoms with E-state index in [1.165, 1.54) is 56.5 Å². The zero-order valence-electron chi connectivity index (χ0n) is 17.5. The Morgan fingerprint density at radius 2 is 1.79 bits per heavy atom. The number of hydrogen-bond acceptors (Lipinski definition) is 6. The molecule has 1 aromatic heterocycles. The van der Waals surface area contributed by atoms with Crippen LogP contribution in [0.25, 0.3) is 0 Å². The van der Waals surface area contributed by atoms with Crippen molar-refractivity contribution in [1.82, 2.24) is 19.7 Å². The maximum atomic E-state index is 12.7. The summed E-state index contributed by atoms with van der Waals surface area (Å²) in [6, 6.07) is 0.844. The number of likely N-dealkylation sites (tertiary alicyclic amines) is 2. The molecule has 0 radical (unpaired) electrons. The van der Waals surface area contributed by atoms with Crippen molar-refractivity contribution >= 4 is 17.2 Å². The Morgan fingerprint density at radius 1 is 1.00 bits per heavy atom. The van der Waals surface area contributed by atoms with E-state index >= 15 is 0 Å². The molecule has 0 aromatic carbocycles. The molecule has 29 heavy (non-hydrogen) atoms. The molecule has 160 valence electrons. The highest BCUT2D eigenvalue weighted by molar-refractivity contribution is 7.13. The minimum atomic E-state index is 0.275. The van der Waals surface area contributed by atoms with Crippen molar-refractivity contribution in [3.05, 3.63) is 10.6 Å². The molecule has 7 heteroatoms. The summed E-state index contributed by atoms with van der Waals surface area (Å²) < 4.78 is 6.27. The first-order valence-electron chi connectivity index (χ1n) is 11.6. The summed E-state index contributed by atoms with van der Waals surface area (Å²) in [6.45, 7) is 6.56. The molecule has 3 aliphatic heterocycles. The quantitative estimate of drug-likeness (QED) is 0.736. The summed E-state index contributed by atoms with van der Waals surface area (Å²) in [4.78, 5) is 25.7. The SMILES string of the molecule is O=C(CN1CCCCC1)N1CCc2nc(OC3CCN(C4CCC4)CC3)sc2C1. The van der Waals surface area contributed by atoms with Crippen LogP contribution in [0.5, 0.6) is 5.19 Å². The first kappa shape index (κ1) is 19.8. The summed E-state index contributed by atoms with van der Waals surface area (Å²) in [5.41, 5.74) is 1.15. The van der Waals surface area contributed by atoms with Crippen LogP contribution in [0, 0.1) is 0 Å². The molecule has 0 atom stereocenters. The van der Waals surface area contributed by atoms with Crippen molar-refractivity contribution in [3.63, 3.8) is 0 Å². The number of rotatable bonds is 5. The molecule has 1 saturated carbocycles. The van der Waals surface area contributed by atoms with Crippen LogP contribution in [0.1, 0.15) is 61.9 Å². The fraction of sp³-hybridized carbons (Fsp3) is 0.818. The van der Waals surface area contributed by atoms with Gasteiger partial charge in [-0.25, -0.2) is 4.98 Å². The molecule has 1 aliphatic carbocycles. The van der Waals surface area contributed by atoms with Gasteiger partial charge < -0.3 is 14.5 Å². The molecule has 5 rings (SSSR count). The highest BCUT2D eigenvalue weighted by atomic mass is 32.1. The van der Waals surface area contributed by atoms with Crippen LogP contribution in [0.4, 0.5) is 0 Å². The number of aromatic nitrogens is 1. The fourth-order valence-corrected chi connectivity index (χ4v) is 6.13. The Kier molecular flexibility index (Phi) is 6.07. The second kappa shape index (κ2) is 8.90. The Bertz CT molecular complexity index is 706. The van der Waals surface area contributed by atoms with E-state index in [0.717, 1.165) is 55.8 Å². The molecule has 3 fully saturated rings. The van der Waals surface area contributed by atoms with Gasteiger partial charge in [0.15, 0.2) is 0 Å². The minimum Gasteiger partial charge on any atom is -0.467 e.